The first kappa shape index (κ1) is 15.3. The second kappa shape index (κ2) is 6.57. The highest BCUT2D eigenvalue weighted by Gasteiger charge is 2.19. The van der Waals surface area contributed by atoms with Crippen LogP contribution in [0.3, 0.4) is 0 Å². The maximum atomic E-state index is 5.54. The summed E-state index contributed by atoms with van der Waals surface area (Å²) in [7, 11) is 4.17. The van der Waals surface area contributed by atoms with Gasteiger partial charge in [0, 0.05) is 22.3 Å². The SMILES string of the molecule is Cc1cc(C(C)NCC(c2ccco2)N(C)C)c(C)s1. The second-order valence-electron chi connectivity index (χ2n) is 5.49. The van der Waals surface area contributed by atoms with E-state index in [4.69, 9.17) is 4.42 Å². The summed E-state index contributed by atoms with van der Waals surface area (Å²) in [4.78, 5) is 4.97. The minimum Gasteiger partial charge on any atom is -0.468 e. The van der Waals surface area contributed by atoms with Gasteiger partial charge >= 0.3 is 0 Å². The zero-order chi connectivity index (χ0) is 14.7. The van der Waals surface area contributed by atoms with Gasteiger partial charge in [0.25, 0.3) is 0 Å². The molecular weight excluding hydrogens is 268 g/mol. The Hall–Kier alpha value is -1.10. The molecule has 0 saturated carbocycles. The number of aryl methyl sites for hydroxylation is 2. The molecule has 110 valence electrons. The molecule has 0 aliphatic carbocycles. The van der Waals surface area contributed by atoms with E-state index in [1.807, 2.05) is 23.5 Å². The summed E-state index contributed by atoms with van der Waals surface area (Å²) in [6.07, 6.45) is 1.74. The molecule has 2 aromatic rings. The molecule has 0 saturated heterocycles. The first-order chi connectivity index (χ1) is 9.49. The van der Waals surface area contributed by atoms with Crippen LogP contribution in [-0.2, 0) is 0 Å². The Morgan fingerprint density at radius 1 is 1.35 bits per heavy atom. The molecule has 0 radical (unpaired) electrons. The molecule has 0 aliphatic heterocycles. The van der Waals surface area contributed by atoms with Crippen LogP contribution >= 0.6 is 11.3 Å². The molecule has 0 aromatic carbocycles. The maximum absolute atomic E-state index is 5.54. The van der Waals surface area contributed by atoms with Crippen LogP contribution in [-0.4, -0.2) is 25.5 Å². The molecule has 0 fully saturated rings. The number of thiophene rings is 1. The Kier molecular flexibility index (Phi) is 5.02. The molecule has 1 N–H and O–H groups in total. The average Bonchev–Trinajstić information content (AvgIpc) is 2.99. The summed E-state index contributed by atoms with van der Waals surface area (Å²) in [5.41, 5.74) is 1.41. The fraction of sp³-hybridized carbons (Fsp3) is 0.500. The zero-order valence-corrected chi connectivity index (χ0v) is 13.8. The van der Waals surface area contributed by atoms with Crippen LogP contribution in [0, 0.1) is 13.8 Å². The third kappa shape index (κ3) is 3.51. The van der Waals surface area contributed by atoms with Crippen molar-refractivity contribution in [1.29, 1.82) is 0 Å². The summed E-state index contributed by atoms with van der Waals surface area (Å²) < 4.78 is 5.54. The number of likely N-dealkylation sites (N-methyl/N-ethyl adjacent to an activating group) is 1. The summed E-state index contributed by atoms with van der Waals surface area (Å²) in [6.45, 7) is 7.46. The average molecular weight is 292 g/mol. The molecule has 20 heavy (non-hydrogen) atoms. The molecule has 0 aliphatic rings. The van der Waals surface area contributed by atoms with Gasteiger partial charge in [-0.05, 0) is 58.6 Å². The van der Waals surface area contributed by atoms with E-state index in [0.29, 0.717) is 6.04 Å². The van der Waals surface area contributed by atoms with Crippen molar-refractivity contribution in [2.45, 2.75) is 32.9 Å². The largest absolute Gasteiger partial charge is 0.468 e. The standard InChI is InChI=1S/C16H24N2OS/c1-11-9-14(13(3)20-11)12(2)17-10-15(18(4)5)16-7-6-8-19-16/h6-9,12,15,17H,10H2,1-5H3. The highest BCUT2D eigenvalue weighted by molar-refractivity contribution is 7.12. The highest BCUT2D eigenvalue weighted by atomic mass is 32.1. The second-order valence-corrected chi connectivity index (χ2v) is 6.95. The molecular formula is C16H24N2OS. The number of furan rings is 1. The van der Waals surface area contributed by atoms with Crippen LogP contribution in [0.4, 0.5) is 0 Å². The predicted molar refractivity (Wildman–Crippen MR) is 85.3 cm³/mol. The van der Waals surface area contributed by atoms with Crippen molar-refractivity contribution in [3.8, 4) is 0 Å². The molecule has 0 amide bonds. The van der Waals surface area contributed by atoms with Gasteiger partial charge in [0.15, 0.2) is 0 Å². The first-order valence-electron chi connectivity index (χ1n) is 6.99. The van der Waals surface area contributed by atoms with Gasteiger partial charge in [-0.2, -0.15) is 0 Å². The van der Waals surface area contributed by atoms with Gasteiger partial charge in [0.2, 0.25) is 0 Å². The lowest BCUT2D eigenvalue weighted by Gasteiger charge is -2.25. The van der Waals surface area contributed by atoms with Crippen molar-refractivity contribution < 1.29 is 4.42 Å². The molecule has 2 atom stereocenters. The lowest BCUT2D eigenvalue weighted by molar-refractivity contribution is 0.245. The van der Waals surface area contributed by atoms with E-state index >= 15 is 0 Å². The third-order valence-corrected chi connectivity index (χ3v) is 4.64. The van der Waals surface area contributed by atoms with Crippen molar-refractivity contribution in [3.63, 3.8) is 0 Å². The van der Waals surface area contributed by atoms with E-state index in [0.717, 1.165) is 12.3 Å². The van der Waals surface area contributed by atoms with Crippen LogP contribution in [0.25, 0.3) is 0 Å². The molecule has 2 heterocycles. The fourth-order valence-corrected chi connectivity index (χ4v) is 3.52. The van der Waals surface area contributed by atoms with Gasteiger partial charge < -0.3 is 9.73 Å². The van der Waals surface area contributed by atoms with Crippen LogP contribution < -0.4 is 5.32 Å². The molecule has 2 unspecified atom stereocenters. The Balaban J connectivity index is 2.01. The normalized spacial score (nSPS) is 14.7. The summed E-state index contributed by atoms with van der Waals surface area (Å²) in [5.74, 6) is 1.01. The van der Waals surface area contributed by atoms with Gasteiger partial charge in [-0.25, -0.2) is 0 Å². The zero-order valence-electron chi connectivity index (χ0n) is 12.9. The third-order valence-electron chi connectivity index (χ3n) is 3.66. The first-order valence-corrected chi connectivity index (χ1v) is 7.81. The van der Waals surface area contributed by atoms with E-state index < -0.39 is 0 Å². The minimum absolute atomic E-state index is 0.257. The lowest BCUT2D eigenvalue weighted by atomic mass is 10.1. The van der Waals surface area contributed by atoms with Crippen molar-refractivity contribution >= 4 is 11.3 Å². The van der Waals surface area contributed by atoms with Crippen molar-refractivity contribution in [3.05, 3.63) is 45.5 Å². The Labute approximate surface area is 125 Å². The van der Waals surface area contributed by atoms with E-state index in [1.54, 1.807) is 6.26 Å². The number of hydrogen-bond acceptors (Lipinski definition) is 4. The molecule has 0 spiro atoms. The lowest BCUT2D eigenvalue weighted by Crippen LogP contribution is -2.32. The Morgan fingerprint density at radius 2 is 2.10 bits per heavy atom. The monoisotopic (exact) mass is 292 g/mol. The van der Waals surface area contributed by atoms with Gasteiger partial charge in [0.1, 0.15) is 5.76 Å². The van der Waals surface area contributed by atoms with Crippen molar-refractivity contribution in [2.75, 3.05) is 20.6 Å². The van der Waals surface area contributed by atoms with Crippen LogP contribution in [0.2, 0.25) is 0 Å². The molecule has 2 aromatic heterocycles. The van der Waals surface area contributed by atoms with Crippen molar-refractivity contribution in [2.24, 2.45) is 0 Å². The quantitative estimate of drug-likeness (QED) is 0.875. The maximum Gasteiger partial charge on any atom is 0.122 e. The molecule has 2 rings (SSSR count). The number of rotatable bonds is 6. The summed E-state index contributed by atoms with van der Waals surface area (Å²) >= 11 is 1.87. The van der Waals surface area contributed by atoms with Gasteiger partial charge in [-0.3, -0.25) is 4.90 Å². The van der Waals surface area contributed by atoms with E-state index in [-0.39, 0.29) is 6.04 Å². The van der Waals surface area contributed by atoms with Gasteiger partial charge in [-0.15, -0.1) is 11.3 Å². The van der Waals surface area contributed by atoms with E-state index in [9.17, 15) is 0 Å². The minimum atomic E-state index is 0.257. The van der Waals surface area contributed by atoms with Crippen molar-refractivity contribution in [1.82, 2.24) is 10.2 Å². The predicted octanol–water partition coefficient (Wildman–Crippen LogP) is 3.91. The van der Waals surface area contributed by atoms with Crippen LogP contribution in [0.15, 0.2) is 28.9 Å². The smallest absolute Gasteiger partial charge is 0.122 e. The van der Waals surface area contributed by atoms with Gasteiger partial charge in [0.05, 0.1) is 12.3 Å². The summed E-state index contributed by atoms with van der Waals surface area (Å²) in [5, 5.41) is 3.63. The highest BCUT2D eigenvalue weighted by Crippen LogP contribution is 2.27. The van der Waals surface area contributed by atoms with E-state index in [1.165, 1.54) is 15.3 Å². The van der Waals surface area contributed by atoms with E-state index in [2.05, 4.69) is 51.1 Å². The number of nitrogens with zero attached hydrogens (tertiary/aromatic N) is 1. The number of nitrogens with one attached hydrogen (secondary N) is 1. The molecule has 3 nitrogen and oxygen atoms in total. The van der Waals surface area contributed by atoms with Gasteiger partial charge in [-0.1, -0.05) is 0 Å². The molecule has 4 heteroatoms. The fourth-order valence-electron chi connectivity index (χ4n) is 2.50. The Morgan fingerprint density at radius 3 is 2.60 bits per heavy atom. The Bertz CT molecular complexity index is 531. The molecule has 0 bridgehead atoms. The van der Waals surface area contributed by atoms with Crippen LogP contribution in [0.1, 0.15) is 40.1 Å². The van der Waals surface area contributed by atoms with Crippen LogP contribution in [0.5, 0.6) is 0 Å². The summed E-state index contributed by atoms with van der Waals surface area (Å²) in [6, 6.07) is 6.89. The topological polar surface area (TPSA) is 28.4 Å². The number of hydrogen-bond donors (Lipinski definition) is 1.